The Morgan fingerprint density at radius 2 is 1.72 bits per heavy atom. The van der Waals surface area contributed by atoms with E-state index in [0.717, 1.165) is 50.4 Å². The zero-order valence-electron chi connectivity index (χ0n) is 16.9. The van der Waals surface area contributed by atoms with Crippen LogP contribution >= 0.6 is 0 Å². The summed E-state index contributed by atoms with van der Waals surface area (Å²) in [6.45, 7) is 5.01. The molecule has 2 heterocycles. The summed E-state index contributed by atoms with van der Waals surface area (Å²) < 4.78 is 0. The summed E-state index contributed by atoms with van der Waals surface area (Å²) in [6, 6.07) is 11.3. The number of hydrogen-bond donors (Lipinski definition) is 1. The summed E-state index contributed by atoms with van der Waals surface area (Å²) >= 11 is 0. The normalized spacial score (nSPS) is 17.4. The SMILES string of the molecule is Cc1ccccc1C(=O)Nc1ccc(N2CCN(C(=O)C3CCCC3)CC2)nc1. The maximum Gasteiger partial charge on any atom is 0.255 e. The van der Waals surface area contributed by atoms with E-state index in [4.69, 9.17) is 0 Å². The van der Waals surface area contributed by atoms with Crippen LogP contribution in [0.5, 0.6) is 0 Å². The Bertz CT molecular complexity index is 867. The van der Waals surface area contributed by atoms with Crippen LogP contribution in [0.3, 0.4) is 0 Å². The summed E-state index contributed by atoms with van der Waals surface area (Å²) in [4.78, 5) is 33.8. The second kappa shape index (κ2) is 8.64. The van der Waals surface area contributed by atoms with Crippen molar-refractivity contribution in [3.63, 3.8) is 0 Å². The maximum absolute atomic E-state index is 12.6. The van der Waals surface area contributed by atoms with Crippen molar-refractivity contribution in [2.24, 2.45) is 5.92 Å². The van der Waals surface area contributed by atoms with E-state index < -0.39 is 0 Å². The summed E-state index contributed by atoms with van der Waals surface area (Å²) in [5, 5.41) is 2.91. The highest BCUT2D eigenvalue weighted by molar-refractivity contribution is 6.05. The number of nitrogens with zero attached hydrogens (tertiary/aromatic N) is 3. The minimum absolute atomic E-state index is 0.128. The van der Waals surface area contributed by atoms with Gasteiger partial charge in [0, 0.05) is 37.7 Å². The Kier molecular flexibility index (Phi) is 5.79. The Balaban J connectivity index is 1.32. The van der Waals surface area contributed by atoms with Crippen LogP contribution in [0, 0.1) is 12.8 Å². The number of aromatic nitrogens is 1. The average molecular weight is 393 g/mol. The van der Waals surface area contributed by atoms with Crippen LogP contribution in [-0.4, -0.2) is 47.9 Å². The molecule has 2 amide bonds. The molecule has 0 bridgehead atoms. The number of nitrogens with one attached hydrogen (secondary N) is 1. The van der Waals surface area contributed by atoms with E-state index in [9.17, 15) is 9.59 Å². The molecule has 1 saturated carbocycles. The minimum atomic E-state index is -0.128. The minimum Gasteiger partial charge on any atom is -0.353 e. The van der Waals surface area contributed by atoms with Crippen molar-refractivity contribution in [2.45, 2.75) is 32.6 Å². The third-order valence-electron chi connectivity index (χ3n) is 6.02. The van der Waals surface area contributed by atoms with Gasteiger partial charge < -0.3 is 15.1 Å². The number of hydrogen-bond acceptors (Lipinski definition) is 4. The second-order valence-electron chi connectivity index (χ2n) is 7.97. The first kappa shape index (κ1) is 19.4. The molecular weight excluding hydrogens is 364 g/mol. The number of pyridine rings is 1. The number of carbonyl (C=O) groups is 2. The summed E-state index contributed by atoms with van der Waals surface area (Å²) in [5.74, 6) is 1.34. The van der Waals surface area contributed by atoms with Gasteiger partial charge in [0.2, 0.25) is 5.91 Å². The molecule has 1 aromatic heterocycles. The first-order valence-electron chi connectivity index (χ1n) is 10.5. The van der Waals surface area contributed by atoms with Crippen LogP contribution in [0.15, 0.2) is 42.6 Å². The van der Waals surface area contributed by atoms with Gasteiger partial charge in [0.25, 0.3) is 5.91 Å². The van der Waals surface area contributed by atoms with Crippen molar-refractivity contribution in [3.8, 4) is 0 Å². The van der Waals surface area contributed by atoms with Gasteiger partial charge in [-0.05, 0) is 43.5 Å². The van der Waals surface area contributed by atoms with Gasteiger partial charge in [-0.2, -0.15) is 0 Å². The van der Waals surface area contributed by atoms with Crippen molar-refractivity contribution < 1.29 is 9.59 Å². The van der Waals surface area contributed by atoms with E-state index >= 15 is 0 Å². The van der Waals surface area contributed by atoms with Crippen molar-refractivity contribution in [1.82, 2.24) is 9.88 Å². The molecule has 1 aliphatic carbocycles. The van der Waals surface area contributed by atoms with Crippen LogP contribution in [0.2, 0.25) is 0 Å². The molecule has 0 radical (unpaired) electrons. The number of carbonyl (C=O) groups excluding carboxylic acids is 2. The van der Waals surface area contributed by atoms with E-state index in [1.165, 1.54) is 12.8 Å². The fourth-order valence-electron chi connectivity index (χ4n) is 4.26. The Labute approximate surface area is 171 Å². The van der Waals surface area contributed by atoms with Crippen molar-refractivity contribution in [2.75, 3.05) is 36.4 Å². The highest BCUT2D eigenvalue weighted by Crippen LogP contribution is 2.27. The van der Waals surface area contributed by atoms with Gasteiger partial charge in [0.1, 0.15) is 5.82 Å². The molecule has 2 aromatic rings. The second-order valence-corrected chi connectivity index (χ2v) is 7.97. The van der Waals surface area contributed by atoms with E-state index in [0.29, 0.717) is 17.2 Å². The van der Waals surface area contributed by atoms with Crippen LogP contribution in [-0.2, 0) is 4.79 Å². The standard InChI is InChI=1S/C23H28N4O2/c1-17-6-2-5-9-20(17)22(28)25-19-10-11-21(24-16-19)26-12-14-27(15-13-26)23(29)18-7-3-4-8-18/h2,5-6,9-11,16,18H,3-4,7-8,12-15H2,1H3,(H,25,28). The fourth-order valence-corrected chi connectivity index (χ4v) is 4.26. The molecule has 0 unspecified atom stereocenters. The van der Waals surface area contributed by atoms with Crippen LogP contribution in [0.25, 0.3) is 0 Å². The lowest BCUT2D eigenvalue weighted by molar-refractivity contribution is -0.135. The third-order valence-corrected chi connectivity index (χ3v) is 6.02. The molecule has 152 valence electrons. The van der Waals surface area contributed by atoms with Gasteiger partial charge in [0.15, 0.2) is 0 Å². The molecule has 0 spiro atoms. The lowest BCUT2D eigenvalue weighted by atomic mass is 10.1. The van der Waals surface area contributed by atoms with Gasteiger partial charge in [-0.15, -0.1) is 0 Å². The van der Waals surface area contributed by atoms with E-state index in [1.54, 1.807) is 6.20 Å². The molecular formula is C23H28N4O2. The number of aryl methyl sites for hydroxylation is 1. The van der Waals surface area contributed by atoms with Crippen molar-refractivity contribution >= 4 is 23.3 Å². The van der Waals surface area contributed by atoms with Gasteiger partial charge in [-0.1, -0.05) is 31.0 Å². The summed E-state index contributed by atoms with van der Waals surface area (Å²) in [7, 11) is 0. The predicted octanol–water partition coefficient (Wildman–Crippen LogP) is 3.48. The molecule has 1 N–H and O–H groups in total. The molecule has 1 saturated heterocycles. The predicted molar refractivity (Wildman–Crippen MR) is 114 cm³/mol. The molecule has 1 aliphatic heterocycles. The van der Waals surface area contributed by atoms with Crippen molar-refractivity contribution in [3.05, 3.63) is 53.7 Å². The van der Waals surface area contributed by atoms with E-state index in [-0.39, 0.29) is 11.8 Å². The molecule has 6 heteroatoms. The third kappa shape index (κ3) is 4.42. The quantitative estimate of drug-likeness (QED) is 0.865. The van der Waals surface area contributed by atoms with Crippen molar-refractivity contribution in [1.29, 1.82) is 0 Å². The van der Waals surface area contributed by atoms with Crippen LogP contribution < -0.4 is 10.2 Å². The largest absolute Gasteiger partial charge is 0.353 e. The maximum atomic E-state index is 12.6. The molecule has 1 aromatic carbocycles. The Hall–Kier alpha value is -2.89. The fraction of sp³-hybridized carbons (Fsp3) is 0.435. The molecule has 2 aliphatic rings. The molecule has 29 heavy (non-hydrogen) atoms. The number of anilines is 2. The lowest BCUT2D eigenvalue weighted by Crippen LogP contribution is -2.50. The first-order chi connectivity index (χ1) is 14.1. The lowest BCUT2D eigenvalue weighted by Gasteiger charge is -2.36. The van der Waals surface area contributed by atoms with Gasteiger partial charge in [-0.25, -0.2) is 4.98 Å². The van der Waals surface area contributed by atoms with Gasteiger partial charge in [0.05, 0.1) is 11.9 Å². The highest BCUT2D eigenvalue weighted by Gasteiger charge is 2.29. The molecule has 0 atom stereocenters. The topological polar surface area (TPSA) is 65.5 Å². The van der Waals surface area contributed by atoms with Gasteiger partial charge in [-0.3, -0.25) is 9.59 Å². The van der Waals surface area contributed by atoms with Crippen LogP contribution in [0.4, 0.5) is 11.5 Å². The smallest absolute Gasteiger partial charge is 0.255 e. The Morgan fingerprint density at radius 3 is 2.38 bits per heavy atom. The molecule has 4 rings (SSSR count). The molecule has 2 fully saturated rings. The summed E-state index contributed by atoms with van der Waals surface area (Å²) in [6.07, 6.45) is 6.17. The zero-order chi connectivity index (χ0) is 20.2. The number of rotatable bonds is 4. The first-order valence-corrected chi connectivity index (χ1v) is 10.5. The van der Waals surface area contributed by atoms with E-state index in [2.05, 4.69) is 15.2 Å². The average Bonchev–Trinajstić information content (AvgIpc) is 3.29. The van der Waals surface area contributed by atoms with E-state index in [1.807, 2.05) is 48.2 Å². The monoisotopic (exact) mass is 392 g/mol. The van der Waals surface area contributed by atoms with Crippen LogP contribution in [0.1, 0.15) is 41.6 Å². The molecule has 6 nitrogen and oxygen atoms in total. The van der Waals surface area contributed by atoms with Gasteiger partial charge >= 0.3 is 0 Å². The highest BCUT2D eigenvalue weighted by atomic mass is 16.2. The Morgan fingerprint density at radius 1 is 1.00 bits per heavy atom. The summed E-state index contributed by atoms with van der Waals surface area (Å²) in [5.41, 5.74) is 2.29. The number of benzene rings is 1. The number of piperazine rings is 1. The number of amides is 2. The zero-order valence-corrected chi connectivity index (χ0v) is 16.9.